The highest BCUT2D eigenvalue weighted by Gasteiger charge is 2.01. The van der Waals surface area contributed by atoms with Crippen LogP contribution in [0, 0.1) is 12.3 Å². The molecule has 94 valence electrons. The van der Waals surface area contributed by atoms with Gasteiger partial charge < -0.3 is 14.8 Å². The van der Waals surface area contributed by atoms with E-state index in [-0.39, 0.29) is 12.4 Å². The van der Waals surface area contributed by atoms with E-state index in [2.05, 4.69) is 11.2 Å². The van der Waals surface area contributed by atoms with Crippen LogP contribution >= 0.6 is 12.4 Å². The second kappa shape index (κ2) is 9.98. The summed E-state index contributed by atoms with van der Waals surface area (Å²) in [5, 5.41) is 3.26. The molecule has 0 fully saturated rings. The minimum atomic E-state index is 0. The Labute approximate surface area is 109 Å². The van der Waals surface area contributed by atoms with Crippen LogP contribution in [0.15, 0.2) is 24.3 Å². The summed E-state index contributed by atoms with van der Waals surface area (Å²) in [6.45, 7) is 2.58. The largest absolute Gasteiger partial charge is 0.481 e. The maximum atomic E-state index is 5.44. The maximum absolute atomic E-state index is 5.44. The smallest absolute Gasteiger partial charge is 0.148 e. The van der Waals surface area contributed by atoms with Crippen molar-refractivity contribution in [2.75, 3.05) is 26.9 Å². The third-order valence-corrected chi connectivity index (χ3v) is 2.08. The van der Waals surface area contributed by atoms with Crippen LogP contribution in [0.4, 0.5) is 0 Å². The number of benzene rings is 1. The second-order valence-electron chi connectivity index (χ2n) is 3.27. The van der Waals surface area contributed by atoms with Crippen LogP contribution in [-0.4, -0.2) is 26.9 Å². The molecule has 0 saturated carbocycles. The van der Waals surface area contributed by atoms with Gasteiger partial charge in [-0.2, -0.15) is 0 Å². The molecule has 0 saturated heterocycles. The van der Waals surface area contributed by atoms with E-state index < -0.39 is 0 Å². The molecule has 0 aliphatic heterocycles. The Balaban J connectivity index is 0.00000256. The van der Waals surface area contributed by atoms with Gasteiger partial charge in [-0.1, -0.05) is 24.1 Å². The van der Waals surface area contributed by atoms with Crippen LogP contribution in [0.1, 0.15) is 5.56 Å². The summed E-state index contributed by atoms with van der Waals surface area (Å²) in [4.78, 5) is 0. The van der Waals surface area contributed by atoms with Gasteiger partial charge in [0.25, 0.3) is 0 Å². The highest BCUT2D eigenvalue weighted by molar-refractivity contribution is 5.85. The van der Waals surface area contributed by atoms with E-state index in [1.165, 1.54) is 0 Å². The van der Waals surface area contributed by atoms with Gasteiger partial charge >= 0.3 is 0 Å². The Bertz CT molecular complexity index is 350. The summed E-state index contributed by atoms with van der Waals surface area (Å²) in [7, 11) is 1.69. The molecule has 4 heteroatoms. The molecule has 0 radical (unpaired) electrons. The average molecular weight is 256 g/mol. The number of terminal acetylenes is 1. The molecule has 3 nitrogen and oxygen atoms in total. The minimum absolute atomic E-state index is 0. The molecule has 0 aliphatic rings. The number of rotatable bonds is 7. The lowest BCUT2D eigenvalue weighted by molar-refractivity contribution is 0.199. The Morgan fingerprint density at radius 3 is 2.82 bits per heavy atom. The first-order valence-corrected chi connectivity index (χ1v) is 5.22. The van der Waals surface area contributed by atoms with Crippen LogP contribution in [0.5, 0.6) is 5.75 Å². The minimum Gasteiger partial charge on any atom is -0.481 e. The first-order valence-electron chi connectivity index (χ1n) is 5.22. The third kappa shape index (κ3) is 6.18. The van der Waals surface area contributed by atoms with Gasteiger partial charge in [0, 0.05) is 25.8 Å². The van der Waals surface area contributed by atoms with Crippen molar-refractivity contribution in [2.24, 2.45) is 0 Å². The van der Waals surface area contributed by atoms with Gasteiger partial charge in [0.1, 0.15) is 12.4 Å². The third-order valence-electron chi connectivity index (χ3n) is 2.08. The molecule has 0 aromatic heterocycles. The Morgan fingerprint density at radius 2 is 2.12 bits per heavy atom. The molecule has 0 unspecified atom stereocenters. The normalized spacial score (nSPS) is 9.18. The van der Waals surface area contributed by atoms with Gasteiger partial charge in [-0.3, -0.25) is 0 Å². The number of hydrogen-bond donors (Lipinski definition) is 1. The van der Waals surface area contributed by atoms with Gasteiger partial charge in [-0.25, -0.2) is 0 Å². The van der Waals surface area contributed by atoms with Gasteiger partial charge in [-0.15, -0.1) is 18.8 Å². The van der Waals surface area contributed by atoms with Crippen molar-refractivity contribution in [2.45, 2.75) is 6.54 Å². The van der Waals surface area contributed by atoms with Crippen LogP contribution < -0.4 is 10.1 Å². The quantitative estimate of drug-likeness (QED) is 0.596. The molecule has 1 rings (SSSR count). The van der Waals surface area contributed by atoms with Crippen molar-refractivity contribution < 1.29 is 9.47 Å². The van der Waals surface area contributed by atoms with E-state index >= 15 is 0 Å². The lowest BCUT2D eigenvalue weighted by Gasteiger charge is -2.10. The molecular weight excluding hydrogens is 238 g/mol. The first-order chi connectivity index (χ1) is 7.88. The topological polar surface area (TPSA) is 30.5 Å². The average Bonchev–Trinajstić information content (AvgIpc) is 2.33. The zero-order valence-corrected chi connectivity index (χ0v) is 10.8. The highest BCUT2D eigenvalue weighted by atomic mass is 35.5. The fraction of sp³-hybridized carbons (Fsp3) is 0.385. The van der Waals surface area contributed by atoms with E-state index in [4.69, 9.17) is 15.9 Å². The summed E-state index contributed by atoms with van der Waals surface area (Å²) in [5.74, 6) is 3.30. The van der Waals surface area contributed by atoms with Gasteiger partial charge in [-0.05, 0) is 6.07 Å². The molecule has 1 N–H and O–H groups in total. The Hall–Kier alpha value is -1.21. The van der Waals surface area contributed by atoms with Crippen molar-refractivity contribution in [3.05, 3.63) is 29.8 Å². The monoisotopic (exact) mass is 255 g/mol. The van der Waals surface area contributed by atoms with Gasteiger partial charge in [0.2, 0.25) is 0 Å². The summed E-state index contributed by atoms with van der Waals surface area (Å²) < 4.78 is 10.4. The van der Waals surface area contributed by atoms with E-state index in [9.17, 15) is 0 Å². The summed E-state index contributed by atoms with van der Waals surface area (Å²) in [6, 6.07) is 7.86. The van der Waals surface area contributed by atoms with E-state index in [1.807, 2.05) is 24.3 Å². The zero-order valence-electron chi connectivity index (χ0n) is 9.94. The lowest BCUT2D eigenvalue weighted by Crippen LogP contribution is -2.19. The van der Waals surface area contributed by atoms with Crippen molar-refractivity contribution in [1.82, 2.24) is 5.32 Å². The fourth-order valence-corrected chi connectivity index (χ4v) is 1.31. The number of ether oxygens (including phenoxy) is 2. The van der Waals surface area contributed by atoms with Gasteiger partial charge in [0.05, 0.1) is 6.61 Å². The number of para-hydroxylation sites is 1. The summed E-state index contributed by atoms with van der Waals surface area (Å²) in [6.07, 6.45) is 5.16. The number of methoxy groups -OCH3 is 1. The molecule has 0 heterocycles. The van der Waals surface area contributed by atoms with E-state index in [1.54, 1.807) is 7.11 Å². The SMILES string of the molecule is C#CCOc1ccccc1CNCCOC.Cl. The molecule has 0 spiro atoms. The predicted octanol–water partition coefficient (Wildman–Crippen LogP) is 1.86. The van der Waals surface area contributed by atoms with E-state index in [0.717, 1.165) is 24.4 Å². The summed E-state index contributed by atoms with van der Waals surface area (Å²) in [5.41, 5.74) is 1.11. The lowest BCUT2D eigenvalue weighted by atomic mass is 10.2. The Kier molecular flexibility index (Phi) is 9.27. The van der Waals surface area contributed by atoms with Crippen LogP contribution in [0.3, 0.4) is 0 Å². The van der Waals surface area contributed by atoms with Crippen LogP contribution in [0.2, 0.25) is 0 Å². The van der Waals surface area contributed by atoms with Crippen molar-refractivity contribution in [1.29, 1.82) is 0 Å². The molecule has 0 atom stereocenters. The molecule has 0 bridgehead atoms. The number of halogens is 1. The van der Waals surface area contributed by atoms with Crippen molar-refractivity contribution >= 4 is 12.4 Å². The molecule has 0 amide bonds. The first kappa shape index (κ1) is 15.8. The predicted molar refractivity (Wildman–Crippen MR) is 71.6 cm³/mol. The van der Waals surface area contributed by atoms with Crippen LogP contribution in [-0.2, 0) is 11.3 Å². The highest BCUT2D eigenvalue weighted by Crippen LogP contribution is 2.17. The molecule has 1 aromatic rings. The number of nitrogens with one attached hydrogen (secondary N) is 1. The fourth-order valence-electron chi connectivity index (χ4n) is 1.31. The number of hydrogen-bond acceptors (Lipinski definition) is 3. The molecule has 17 heavy (non-hydrogen) atoms. The van der Waals surface area contributed by atoms with Crippen molar-refractivity contribution in [3.8, 4) is 18.1 Å². The second-order valence-corrected chi connectivity index (χ2v) is 3.27. The van der Waals surface area contributed by atoms with E-state index in [0.29, 0.717) is 13.2 Å². The standard InChI is InChI=1S/C13H17NO2.ClH/c1-3-9-16-13-7-5-4-6-12(13)11-14-8-10-15-2;/h1,4-7,14H,8-11H2,2H3;1H. The molecule has 1 aromatic carbocycles. The maximum Gasteiger partial charge on any atom is 0.148 e. The Morgan fingerprint density at radius 1 is 1.35 bits per heavy atom. The zero-order chi connectivity index (χ0) is 11.6. The molecular formula is C13H18ClNO2. The molecule has 0 aliphatic carbocycles. The van der Waals surface area contributed by atoms with Crippen LogP contribution in [0.25, 0.3) is 0 Å². The van der Waals surface area contributed by atoms with Crippen molar-refractivity contribution in [3.63, 3.8) is 0 Å². The summed E-state index contributed by atoms with van der Waals surface area (Å²) >= 11 is 0. The van der Waals surface area contributed by atoms with Gasteiger partial charge in [0.15, 0.2) is 0 Å².